The fourth-order valence-electron chi connectivity index (χ4n) is 2.18. The van der Waals surface area contributed by atoms with Gasteiger partial charge in [0.2, 0.25) is 0 Å². The van der Waals surface area contributed by atoms with Crippen LogP contribution in [0.5, 0.6) is 0 Å². The van der Waals surface area contributed by atoms with Gasteiger partial charge in [-0.1, -0.05) is 13.3 Å². The van der Waals surface area contributed by atoms with E-state index in [9.17, 15) is 0 Å². The van der Waals surface area contributed by atoms with Crippen molar-refractivity contribution >= 4 is 0 Å². The Morgan fingerprint density at radius 3 is 3.00 bits per heavy atom. The van der Waals surface area contributed by atoms with Crippen LogP contribution >= 0.6 is 0 Å². The van der Waals surface area contributed by atoms with Crippen molar-refractivity contribution in [2.75, 3.05) is 13.1 Å². The molecule has 0 radical (unpaired) electrons. The monoisotopic (exact) mass is 185 g/mol. The second-order valence-electron chi connectivity index (χ2n) is 4.09. The van der Waals surface area contributed by atoms with Crippen molar-refractivity contribution in [1.29, 1.82) is 0 Å². The Morgan fingerprint density at radius 2 is 2.31 bits per heavy atom. The van der Waals surface area contributed by atoms with Gasteiger partial charge in [0, 0.05) is 12.6 Å². The van der Waals surface area contributed by atoms with Crippen molar-refractivity contribution in [3.05, 3.63) is 0 Å². The number of nitrogens with two attached hydrogens (primary N) is 1. The van der Waals surface area contributed by atoms with Crippen molar-refractivity contribution in [2.45, 2.75) is 45.1 Å². The third-order valence-corrected chi connectivity index (χ3v) is 2.88. The molecule has 1 aliphatic heterocycles. The topological polar surface area (TPSA) is 50.1 Å². The molecular weight excluding hydrogens is 162 g/mol. The Bertz CT molecular complexity index is 127. The minimum Gasteiger partial charge on any atom is -0.314 e. The summed E-state index contributed by atoms with van der Waals surface area (Å²) in [7, 11) is 0. The molecule has 1 saturated heterocycles. The molecule has 0 aromatic rings. The molecule has 3 heteroatoms. The molecule has 2 unspecified atom stereocenters. The van der Waals surface area contributed by atoms with Crippen molar-refractivity contribution < 1.29 is 0 Å². The standard InChI is InChI=1S/C10H23N3/c1-2-4-10-7-9(8-12-10)5-3-6-13-11/h9-10,12-13H,2-8,11H2,1H3. The maximum Gasteiger partial charge on any atom is 0.00975 e. The maximum atomic E-state index is 5.22. The molecule has 3 nitrogen and oxygen atoms in total. The highest BCUT2D eigenvalue weighted by atomic mass is 15.2. The van der Waals surface area contributed by atoms with Crippen LogP contribution in [0.4, 0.5) is 0 Å². The molecule has 0 bridgehead atoms. The first-order valence-electron chi connectivity index (χ1n) is 5.53. The lowest BCUT2D eigenvalue weighted by atomic mass is 9.98. The predicted octanol–water partition coefficient (Wildman–Crippen LogP) is 1.01. The zero-order valence-electron chi connectivity index (χ0n) is 8.68. The van der Waals surface area contributed by atoms with E-state index >= 15 is 0 Å². The summed E-state index contributed by atoms with van der Waals surface area (Å²) in [4.78, 5) is 0. The summed E-state index contributed by atoms with van der Waals surface area (Å²) in [6.07, 6.45) is 6.54. The molecule has 0 saturated carbocycles. The van der Waals surface area contributed by atoms with Gasteiger partial charge in [-0.05, 0) is 38.1 Å². The van der Waals surface area contributed by atoms with Crippen LogP contribution in [0.25, 0.3) is 0 Å². The zero-order valence-corrected chi connectivity index (χ0v) is 8.68. The van der Waals surface area contributed by atoms with E-state index in [0.29, 0.717) is 0 Å². The lowest BCUT2D eigenvalue weighted by Crippen LogP contribution is -2.23. The SMILES string of the molecule is CCCC1CC(CCCNN)CN1. The summed E-state index contributed by atoms with van der Waals surface area (Å²) < 4.78 is 0. The normalized spacial score (nSPS) is 28.2. The second kappa shape index (κ2) is 6.35. The molecule has 0 aromatic heterocycles. The van der Waals surface area contributed by atoms with E-state index in [0.717, 1.165) is 18.5 Å². The molecule has 0 spiro atoms. The van der Waals surface area contributed by atoms with E-state index in [-0.39, 0.29) is 0 Å². The van der Waals surface area contributed by atoms with Crippen LogP contribution in [0, 0.1) is 5.92 Å². The third kappa shape index (κ3) is 4.07. The predicted molar refractivity (Wildman–Crippen MR) is 56.2 cm³/mol. The van der Waals surface area contributed by atoms with E-state index in [4.69, 9.17) is 5.84 Å². The van der Waals surface area contributed by atoms with Gasteiger partial charge in [0.15, 0.2) is 0 Å². The molecule has 78 valence electrons. The highest BCUT2D eigenvalue weighted by Gasteiger charge is 2.22. The second-order valence-corrected chi connectivity index (χ2v) is 4.09. The molecule has 2 atom stereocenters. The maximum absolute atomic E-state index is 5.22. The quantitative estimate of drug-likeness (QED) is 0.329. The molecule has 0 aromatic carbocycles. The van der Waals surface area contributed by atoms with Crippen molar-refractivity contribution in [1.82, 2.24) is 10.7 Å². The molecule has 0 amide bonds. The van der Waals surface area contributed by atoms with E-state index in [1.54, 1.807) is 0 Å². The molecule has 1 fully saturated rings. The minimum absolute atomic E-state index is 0.792. The summed E-state index contributed by atoms with van der Waals surface area (Å²) in [5, 5.41) is 3.58. The Balaban J connectivity index is 2.03. The molecule has 1 rings (SSSR count). The molecule has 1 aliphatic rings. The number of rotatable bonds is 6. The largest absolute Gasteiger partial charge is 0.314 e. The summed E-state index contributed by atoms with van der Waals surface area (Å²) in [6.45, 7) is 4.43. The van der Waals surface area contributed by atoms with Gasteiger partial charge in [-0.2, -0.15) is 0 Å². The molecule has 1 heterocycles. The lowest BCUT2D eigenvalue weighted by molar-refractivity contribution is 0.475. The Morgan fingerprint density at radius 1 is 1.46 bits per heavy atom. The van der Waals surface area contributed by atoms with Crippen LogP contribution in [0.15, 0.2) is 0 Å². The molecule has 0 aliphatic carbocycles. The molecule has 13 heavy (non-hydrogen) atoms. The smallest absolute Gasteiger partial charge is 0.00975 e. The third-order valence-electron chi connectivity index (χ3n) is 2.88. The summed E-state index contributed by atoms with van der Waals surface area (Å²) >= 11 is 0. The summed E-state index contributed by atoms with van der Waals surface area (Å²) in [5.74, 6) is 6.12. The van der Waals surface area contributed by atoms with E-state index in [2.05, 4.69) is 17.7 Å². The average molecular weight is 185 g/mol. The van der Waals surface area contributed by atoms with E-state index in [1.165, 1.54) is 38.6 Å². The van der Waals surface area contributed by atoms with E-state index < -0.39 is 0 Å². The van der Waals surface area contributed by atoms with Crippen LogP contribution in [-0.2, 0) is 0 Å². The van der Waals surface area contributed by atoms with Gasteiger partial charge < -0.3 is 5.32 Å². The molecular formula is C10H23N3. The van der Waals surface area contributed by atoms with Crippen molar-refractivity contribution in [3.63, 3.8) is 0 Å². The Hall–Kier alpha value is -0.120. The highest BCUT2D eigenvalue weighted by molar-refractivity contribution is 4.80. The van der Waals surface area contributed by atoms with E-state index in [1.807, 2.05) is 0 Å². The number of hydrazine groups is 1. The van der Waals surface area contributed by atoms with Crippen LogP contribution in [0.2, 0.25) is 0 Å². The number of hydrogen-bond acceptors (Lipinski definition) is 3. The first-order chi connectivity index (χ1) is 6.36. The van der Waals surface area contributed by atoms with Crippen molar-refractivity contribution in [2.24, 2.45) is 11.8 Å². The average Bonchev–Trinajstić information content (AvgIpc) is 2.54. The Labute approximate surface area is 81.4 Å². The van der Waals surface area contributed by atoms with Gasteiger partial charge in [-0.25, -0.2) is 0 Å². The first kappa shape index (κ1) is 11.0. The van der Waals surface area contributed by atoms with Crippen LogP contribution in [0.3, 0.4) is 0 Å². The fourth-order valence-corrected chi connectivity index (χ4v) is 2.18. The van der Waals surface area contributed by atoms with Gasteiger partial charge in [0.1, 0.15) is 0 Å². The van der Waals surface area contributed by atoms with Gasteiger partial charge >= 0.3 is 0 Å². The van der Waals surface area contributed by atoms with Gasteiger partial charge in [0.25, 0.3) is 0 Å². The number of hydrogen-bond donors (Lipinski definition) is 3. The van der Waals surface area contributed by atoms with Gasteiger partial charge in [-0.15, -0.1) is 0 Å². The zero-order chi connectivity index (χ0) is 9.52. The fraction of sp³-hybridized carbons (Fsp3) is 1.00. The summed E-state index contributed by atoms with van der Waals surface area (Å²) in [6, 6.07) is 0.792. The van der Waals surface area contributed by atoms with Crippen LogP contribution < -0.4 is 16.6 Å². The van der Waals surface area contributed by atoms with Crippen molar-refractivity contribution in [3.8, 4) is 0 Å². The number of nitrogens with one attached hydrogen (secondary N) is 2. The first-order valence-corrected chi connectivity index (χ1v) is 5.53. The van der Waals surface area contributed by atoms with Crippen LogP contribution in [0.1, 0.15) is 39.0 Å². The lowest BCUT2D eigenvalue weighted by Gasteiger charge is -2.08. The van der Waals surface area contributed by atoms with Gasteiger partial charge in [-0.3, -0.25) is 11.3 Å². The summed E-state index contributed by atoms with van der Waals surface area (Å²) in [5.41, 5.74) is 2.71. The minimum atomic E-state index is 0.792. The van der Waals surface area contributed by atoms with Crippen LogP contribution in [-0.4, -0.2) is 19.1 Å². The molecule has 4 N–H and O–H groups in total. The highest BCUT2D eigenvalue weighted by Crippen LogP contribution is 2.21. The Kier molecular flexibility index (Phi) is 5.35. The van der Waals surface area contributed by atoms with Gasteiger partial charge in [0.05, 0.1) is 0 Å².